The molecule has 3 heterocycles. The molecule has 1 saturated heterocycles. The number of nitrogens with zero attached hydrogens (tertiary/aromatic N) is 3. The van der Waals surface area contributed by atoms with Crippen LogP contribution in [-0.2, 0) is 6.54 Å². The van der Waals surface area contributed by atoms with Crippen molar-refractivity contribution in [3.05, 3.63) is 53.6 Å². The molecule has 3 aromatic rings. The minimum Gasteiger partial charge on any atom is -0.357 e. The van der Waals surface area contributed by atoms with Gasteiger partial charge in [0, 0.05) is 42.2 Å². The predicted octanol–water partition coefficient (Wildman–Crippen LogP) is 3.37. The second kappa shape index (κ2) is 6.84. The highest BCUT2D eigenvalue weighted by molar-refractivity contribution is 5.84. The monoisotopic (exact) mass is 335 g/mol. The third-order valence-electron chi connectivity index (χ3n) is 5.24. The van der Waals surface area contributed by atoms with E-state index in [0.717, 1.165) is 31.1 Å². The number of anilines is 1. The van der Waals surface area contributed by atoms with E-state index in [-0.39, 0.29) is 0 Å². The van der Waals surface area contributed by atoms with E-state index in [1.165, 1.54) is 35.0 Å². The van der Waals surface area contributed by atoms with Crippen LogP contribution in [0.25, 0.3) is 10.9 Å². The van der Waals surface area contributed by atoms with Gasteiger partial charge in [-0.2, -0.15) is 0 Å². The van der Waals surface area contributed by atoms with Crippen molar-refractivity contribution in [1.29, 1.82) is 0 Å². The molecule has 25 heavy (non-hydrogen) atoms. The molecule has 0 bridgehead atoms. The Balaban J connectivity index is 1.56. The molecule has 5 nitrogen and oxygen atoms in total. The number of piperidine rings is 1. The van der Waals surface area contributed by atoms with E-state index >= 15 is 0 Å². The maximum atomic E-state index is 4.52. The van der Waals surface area contributed by atoms with Gasteiger partial charge in [-0.25, -0.2) is 9.97 Å². The topological polar surface area (TPSA) is 56.8 Å². The first-order chi connectivity index (χ1) is 12.2. The molecule has 0 saturated carbocycles. The van der Waals surface area contributed by atoms with Crippen LogP contribution in [-0.4, -0.2) is 35.1 Å². The zero-order chi connectivity index (χ0) is 17.2. The first-order valence-electron chi connectivity index (χ1n) is 9.02. The average molecular weight is 335 g/mol. The number of hydrogen-bond acceptors (Lipinski definition) is 4. The number of hydrogen-bond donors (Lipinski definition) is 2. The predicted molar refractivity (Wildman–Crippen MR) is 102 cm³/mol. The van der Waals surface area contributed by atoms with Crippen LogP contribution in [0.15, 0.2) is 36.7 Å². The largest absolute Gasteiger partial charge is 0.357 e. The minimum atomic E-state index is 0.499. The summed E-state index contributed by atoms with van der Waals surface area (Å²) in [5.74, 6) is 1.48. The van der Waals surface area contributed by atoms with Gasteiger partial charge < -0.3 is 15.2 Å². The molecular formula is C20H25N5. The van der Waals surface area contributed by atoms with Crippen molar-refractivity contribution in [2.75, 3.05) is 25.0 Å². The fourth-order valence-corrected chi connectivity index (χ4v) is 3.71. The quantitative estimate of drug-likeness (QED) is 0.767. The van der Waals surface area contributed by atoms with Crippen LogP contribution in [0, 0.1) is 6.92 Å². The number of H-pyrrole nitrogens is 1. The van der Waals surface area contributed by atoms with Gasteiger partial charge in [0.05, 0.1) is 12.2 Å². The van der Waals surface area contributed by atoms with Crippen LogP contribution < -0.4 is 10.2 Å². The van der Waals surface area contributed by atoms with Gasteiger partial charge >= 0.3 is 0 Å². The fraction of sp³-hybridized carbons (Fsp3) is 0.400. The summed E-state index contributed by atoms with van der Waals surface area (Å²) in [6.07, 6.45) is 4.12. The van der Waals surface area contributed by atoms with E-state index in [0.29, 0.717) is 5.92 Å². The molecule has 0 aliphatic carbocycles. The highest BCUT2D eigenvalue weighted by atomic mass is 15.2. The van der Waals surface area contributed by atoms with Crippen LogP contribution in [0.4, 0.5) is 5.82 Å². The maximum Gasteiger partial charge on any atom is 0.132 e. The van der Waals surface area contributed by atoms with Gasteiger partial charge in [0.1, 0.15) is 12.1 Å². The van der Waals surface area contributed by atoms with E-state index in [4.69, 9.17) is 0 Å². The van der Waals surface area contributed by atoms with Crippen molar-refractivity contribution in [2.45, 2.75) is 32.2 Å². The molecule has 2 aromatic heterocycles. The molecule has 5 heteroatoms. The smallest absolute Gasteiger partial charge is 0.132 e. The van der Waals surface area contributed by atoms with Crippen LogP contribution >= 0.6 is 0 Å². The first-order valence-corrected chi connectivity index (χ1v) is 9.02. The molecule has 2 N–H and O–H groups in total. The van der Waals surface area contributed by atoms with Crippen molar-refractivity contribution in [2.24, 2.45) is 0 Å². The van der Waals surface area contributed by atoms with Crippen molar-refractivity contribution >= 4 is 16.7 Å². The summed E-state index contributed by atoms with van der Waals surface area (Å²) in [6.45, 7) is 5.12. The Kier molecular flexibility index (Phi) is 4.40. The minimum absolute atomic E-state index is 0.499. The number of fused-ring (bicyclic) bond motifs is 1. The van der Waals surface area contributed by atoms with E-state index < -0.39 is 0 Å². The molecule has 1 fully saturated rings. The molecule has 0 spiro atoms. The zero-order valence-corrected chi connectivity index (χ0v) is 14.9. The third-order valence-corrected chi connectivity index (χ3v) is 5.24. The Hall–Kier alpha value is -2.40. The molecule has 130 valence electrons. The third kappa shape index (κ3) is 3.24. The van der Waals surface area contributed by atoms with Gasteiger partial charge in [0.15, 0.2) is 0 Å². The SMILES string of the molecule is Cc1c(CN(C)c2cc(C3CCCNC3)ncn2)[nH]c2ccccc12. The molecule has 1 aliphatic rings. The number of benzene rings is 1. The molecule has 0 amide bonds. The molecule has 1 aliphatic heterocycles. The van der Waals surface area contributed by atoms with Gasteiger partial charge in [0.2, 0.25) is 0 Å². The number of nitrogens with one attached hydrogen (secondary N) is 2. The Bertz CT molecular complexity index is 863. The van der Waals surface area contributed by atoms with Gasteiger partial charge in [-0.3, -0.25) is 0 Å². The zero-order valence-electron chi connectivity index (χ0n) is 14.9. The van der Waals surface area contributed by atoms with E-state index in [1.807, 2.05) is 0 Å². The van der Waals surface area contributed by atoms with Gasteiger partial charge in [-0.05, 0) is 37.9 Å². The number of para-hydroxylation sites is 1. The molecule has 1 aromatic carbocycles. The second-order valence-electron chi connectivity index (χ2n) is 6.97. The maximum absolute atomic E-state index is 4.52. The van der Waals surface area contributed by atoms with Gasteiger partial charge in [0.25, 0.3) is 0 Å². The summed E-state index contributed by atoms with van der Waals surface area (Å²) < 4.78 is 0. The lowest BCUT2D eigenvalue weighted by atomic mass is 9.96. The van der Waals surface area contributed by atoms with Gasteiger partial charge in [-0.15, -0.1) is 0 Å². The van der Waals surface area contributed by atoms with E-state index in [1.54, 1.807) is 6.33 Å². The van der Waals surface area contributed by atoms with Crippen LogP contribution in [0.3, 0.4) is 0 Å². The molecule has 0 radical (unpaired) electrons. The highest BCUT2D eigenvalue weighted by Crippen LogP contribution is 2.26. The Labute approximate surface area is 148 Å². The van der Waals surface area contributed by atoms with Crippen LogP contribution in [0.1, 0.15) is 35.7 Å². The summed E-state index contributed by atoms with van der Waals surface area (Å²) >= 11 is 0. The van der Waals surface area contributed by atoms with Crippen molar-refractivity contribution < 1.29 is 0 Å². The summed E-state index contributed by atoms with van der Waals surface area (Å²) in [7, 11) is 2.09. The second-order valence-corrected chi connectivity index (χ2v) is 6.97. The molecule has 1 atom stereocenters. The number of aromatic amines is 1. The Morgan fingerprint density at radius 1 is 1.24 bits per heavy atom. The molecular weight excluding hydrogens is 310 g/mol. The lowest BCUT2D eigenvalue weighted by Gasteiger charge is -2.24. The van der Waals surface area contributed by atoms with Crippen molar-refractivity contribution in [1.82, 2.24) is 20.3 Å². The van der Waals surface area contributed by atoms with E-state index in [2.05, 4.69) is 69.5 Å². The van der Waals surface area contributed by atoms with E-state index in [9.17, 15) is 0 Å². The number of aryl methyl sites for hydroxylation is 1. The summed E-state index contributed by atoms with van der Waals surface area (Å²) in [5, 5.41) is 4.76. The standard InChI is InChI=1S/C20H25N5/c1-14-16-7-3-4-8-17(16)24-19(14)12-25(2)20-10-18(22-13-23-20)15-6-5-9-21-11-15/h3-4,7-8,10,13,15,21,24H,5-6,9,11-12H2,1-2H3. The van der Waals surface area contributed by atoms with Crippen LogP contribution in [0.5, 0.6) is 0 Å². The normalized spacial score (nSPS) is 17.8. The average Bonchev–Trinajstić information content (AvgIpc) is 2.98. The summed E-state index contributed by atoms with van der Waals surface area (Å²) in [6, 6.07) is 10.6. The van der Waals surface area contributed by atoms with Gasteiger partial charge in [-0.1, -0.05) is 18.2 Å². The number of rotatable bonds is 4. The first kappa shape index (κ1) is 16.1. The highest BCUT2D eigenvalue weighted by Gasteiger charge is 2.18. The van der Waals surface area contributed by atoms with Crippen LogP contribution in [0.2, 0.25) is 0 Å². The summed E-state index contributed by atoms with van der Waals surface area (Å²) in [5.41, 5.74) is 4.90. The lowest BCUT2D eigenvalue weighted by Crippen LogP contribution is -2.29. The molecule has 4 rings (SSSR count). The Morgan fingerprint density at radius 3 is 2.92 bits per heavy atom. The molecule has 1 unspecified atom stereocenters. The fourth-order valence-electron chi connectivity index (χ4n) is 3.71. The summed E-state index contributed by atoms with van der Waals surface area (Å²) in [4.78, 5) is 14.8. The Morgan fingerprint density at radius 2 is 2.12 bits per heavy atom. The van der Waals surface area contributed by atoms with Crippen molar-refractivity contribution in [3.8, 4) is 0 Å². The van der Waals surface area contributed by atoms with Crippen molar-refractivity contribution in [3.63, 3.8) is 0 Å². The number of aromatic nitrogens is 3. The lowest BCUT2D eigenvalue weighted by molar-refractivity contribution is 0.454.